The zero-order chi connectivity index (χ0) is 4.86. The molecule has 0 spiro atoms. The molecule has 7 heavy (non-hydrogen) atoms. The van der Waals surface area contributed by atoms with Gasteiger partial charge in [-0.3, -0.25) is 0 Å². The number of rotatable bonds is 0. The van der Waals surface area contributed by atoms with Crippen LogP contribution in [-0.2, 0) is 30.4 Å². The van der Waals surface area contributed by atoms with E-state index in [1.54, 1.807) is 0 Å². The largest absolute Gasteiger partial charge is 0 e. The summed E-state index contributed by atoms with van der Waals surface area (Å²) < 4.78 is 6.76. The molecule has 1 aliphatic heterocycles. The van der Waals surface area contributed by atoms with Crippen LogP contribution in [-0.4, -0.2) is 14.7 Å². The molecule has 5 nitrogen and oxygen atoms in total. The molecule has 1 heterocycles. The van der Waals surface area contributed by atoms with Crippen LogP contribution in [0.15, 0.2) is 0 Å². The smallest absolute Gasteiger partial charge is 0 e. The molecule has 3 N–H and O–H groups in total. The molecule has 7 heteroatoms. The molecule has 0 atom stereocenters. The molecule has 1 saturated heterocycles. The first-order valence-electron chi connectivity index (χ1n) is 1.13. The van der Waals surface area contributed by atoms with Crippen molar-refractivity contribution in [1.29, 1.82) is 0 Å². The summed E-state index contributed by atoms with van der Waals surface area (Å²) in [7, 11) is -4.80. The van der Waals surface area contributed by atoms with Gasteiger partial charge in [-0.15, -0.1) is 0 Å². The maximum atomic E-state index is 7.89. The third-order valence-electron chi connectivity index (χ3n) is 0.275. The van der Waals surface area contributed by atoms with E-state index in [-0.39, 0.29) is 21.1 Å². The second kappa shape index (κ2) is 1.45. The van der Waals surface area contributed by atoms with Gasteiger partial charge in [-0.25, -0.2) is 0 Å². The van der Waals surface area contributed by atoms with Crippen LogP contribution in [0.1, 0.15) is 0 Å². The van der Waals surface area contributed by atoms with Crippen LogP contribution in [0.25, 0.3) is 0 Å². The van der Waals surface area contributed by atoms with Crippen LogP contribution in [0, 0.1) is 0 Å². The van der Waals surface area contributed by atoms with Crippen molar-refractivity contribution >= 4 is 7.74 Å². The molecule has 1 rings (SSSR count). The Bertz CT molecular complexity index is 71.8. The van der Waals surface area contributed by atoms with Gasteiger partial charge in [0.05, 0.1) is 0 Å². The van der Waals surface area contributed by atoms with Gasteiger partial charge < -0.3 is 0 Å². The normalized spacial score (nSPS) is 36.7. The van der Waals surface area contributed by atoms with Crippen molar-refractivity contribution in [3.8, 4) is 0 Å². The zero-order valence-electron chi connectivity index (χ0n) is 3.01. The maximum Gasteiger partial charge on any atom is 0 e. The molecular formula is H3MoO5P. The number of hydrogen-bond acceptors (Lipinski definition) is 5. The summed E-state index contributed by atoms with van der Waals surface area (Å²) in [6, 6.07) is 0. The first-order valence-corrected chi connectivity index (χ1v) is 3.06. The Morgan fingerprint density at radius 2 is 1.14 bits per heavy atom. The van der Waals surface area contributed by atoms with Crippen LogP contribution in [0.5, 0.6) is 0 Å². The van der Waals surface area contributed by atoms with Crippen LogP contribution in [0.2, 0.25) is 0 Å². The minimum atomic E-state index is -4.80. The van der Waals surface area contributed by atoms with Crippen molar-refractivity contribution in [3.05, 3.63) is 0 Å². The molecule has 0 bridgehead atoms. The van der Waals surface area contributed by atoms with Gasteiger partial charge in [0.15, 0.2) is 0 Å². The molecule has 1 aliphatic rings. The zero-order valence-corrected chi connectivity index (χ0v) is 5.92. The van der Waals surface area contributed by atoms with Crippen molar-refractivity contribution in [1.82, 2.24) is 0 Å². The Balaban J connectivity index is 0.000000360. The van der Waals surface area contributed by atoms with Crippen LogP contribution >= 0.6 is 7.74 Å². The second-order valence-corrected chi connectivity index (χ2v) is 2.95. The van der Waals surface area contributed by atoms with Crippen LogP contribution in [0.3, 0.4) is 0 Å². The molecule has 0 saturated carbocycles. The summed E-state index contributed by atoms with van der Waals surface area (Å²) in [6.07, 6.45) is 0. The van der Waals surface area contributed by atoms with E-state index < -0.39 is 7.74 Å². The average Bonchev–Trinajstić information content (AvgIpc) is 1.73. The first kappa shape index (κ1) is 7.92. The van der Waals surface area contributed by atoms with E-state index in [9.17, 15) is 0 Å². The average molecular weight is 210 g/mol. The van der Waals surface area contributed by atoms with Crippen LogP contribution in [0.4, 0.5) is 0 Å². The second-order valence-electron chi connectivity index (χ2n) is 0.982. The maximum absolute atomic E-state index is 7.89. The molecule has 0 amide bonds. The van der Waals surface area contributed by atoms with Gasteiger partial charge >= 0.3 is 31.8 Å². The molecule has 1 fully saturated rings. The fraction of sp³-hybridized carbons (Fsp3) is 0. The summed E-state index contributed by atoms with van der Waals surface area (Å²) in [6.45, 7) is 0. The Morgan fingerprint density at radius 1 is 1.00 bits per heavy atom. The predicted molar refractivity (Wildman–Crippen MR) is 15.7 cm³/mol. The van der Waals surface area contributed by atoms with Gasteiger partial charge in [0.25, 0.3) is 0 Å². The molecule has 0 aromatic heterocycles. The monoisotopic (exact) mass is 212 g/mol. The molecule has 0 radical (unpaired) electrons. The molecular weight excluding hydrogens is 207 g/mol. The van der Waals surface area contributed by atoms with E-state index in [1.165, 1.54) is 0 Å². The number of hydrogen-bond donors (Lipinski definition) is 3. The third-order valence-corrected chi connectivity index (χ3v) is 0.824. The van der Waals surface area contributed by atoms with Gasteiger partial charge in [0, 0.05) is 21.1 Å². The third kappa shape index (κ3) is 2.67. The fourth-order valence-corrected chi connectivity index (χ4v) is 0.402. The standard InChI is InChI=1S/Mo.H3O5P/c;1-6(2,3)4-5-6/h;1-3H. The van der Waals surface area contributed by atoms with E-state index in [2.05, 4.69) is 9.35 Å². The van der Waals surface area contributed by atoms with E-state index in [0.717, 1.165) is 0 Å². The topological polar surface area (TPSA) is 85.8 Å². The van der Waals surface area contributed by atoms with Crippen molar-refractivity contribution < 1.29 is 45.1 Å². The first-order chi connectivity index (χ1) is 2.47. The van der Waals surface area contributed by atoms with Crippen LogP contribution < -0.4 is 0 Å². The Kier molecular flexibility index (Phi) is 1.64. The van der Waals surface area contributed by atoms with Gasteiger partial charge in [-0.05, 0) is 0 Å². The Morgan fingerprint density at radius 3 is 1.14 bits per heavy atom. The Hall–Kier alpha value is 0.918. The van der Waals surface area contributed by atoms with Gasteiger partial charge in [-0.2, -0.15) is 0 Å². The molecule has 0 aromatic rings. The Labute approximate surface area is 53.4 Å². The molecule has 0 unspecified atom stereocenters. The summed E-state index contributed by atoms with van der Waals surface area (Å²) in [5.41, 5.74) is 0. The molecule has 0 aromatic carbocycles. The molecule has 0 aliphatic carbocycles. The quantitative estimate of drug-likeness (QED) is 0.208. The van der Waals surface area contributed by atoms with Crippen molar-refractivity contribution in [2.75, 3.05) is 0 Å². The van der Waals surface area contributed by atoms with Gasteiger partial charge in [-0.1, -0.05) is 0 Å². The summed E-state index contributed by atoms with van der Waals surface area (Å²) in [4.78, 5) is 23.7. The summed E-state index contributed by atoms with van der Waals surface area (Å²) >= 11 is 0. The van der Waals surface area contributed by atoms with Gasteiger partial charge in [0.2, 0.25) is 0 Å². The van der Waals surface area contributed by atoms with Crippen molar-refractivity contribution in [2.45, 2.75) is 0 Å². The van der Waals surface area contributed by atoms with E-state index >= 15 is 0 Å². The summed E-state index contributed by atoms with van der Waals surface area (Å²) in [5, 5.41) is 0. The van der Waals surface area contributed by atoms with E-state index in [0.29, 0.717) is 0 Å². The fourth-order valence-electron chi connectivity index (χ4n) is 0.0447. The minimum Gasteiger partial charge on any atom is 0 e. The van der Waals surface area contributed by atoms with Crippen molar-refractivity contribution in [2.24, 2.45) is 0 Å². The predicted octanol–water partition coefficient (Wildman–Crippen LogP) is -0.949. The van der Waals surface area contributed by atoms with E-state index in [1.807, 2.05) is 0 Å². The van der Waals surface area contributed by atoms with Gasteiger partial charge in [0.1, 0.15) is 0 Å². The minimum absolute atomic E-state index is 0. The van der Waals surface area contributed by atoms with E-state index in [4.69, 9.17) is 14.7 Å². The summed E-state index contributed by atoms with van der Waals surface area (Å²) in [5.74, 6) is 0. The molecule has 44 valence electrons. The van der Waals surface area contributed by atoms with Crippen molar-refractivity contribution in [3.63, 3.8) is 0 Å². The SMILES string of the molecule is OP1(O)(O)OO1.[Mo].